The Morgan fingerprint density at radius 2 is 1.56 bits per heavy atom. The van der Waals surface area contributed by atoms with Crippen molar-refractivity contribution < 1.29 is 8.78 Å². The number of para-hydroxylation sites is 1. The number of halogens is 2. The summed E-state index contributed by atoms with van der Waals surface area (Å²) in [5, 5.41) is 0. The maximum atomic E-state index is 12.5. The highest BCUT2D eigenvalue weighted by molar-refractivity contribution is 5.90. The van der Waals surface area contributed by atoms with Gasteiger partial charge in [-0.3, -0.25) is 4.99 Å². The fourth-order valence-corrected chi connectivity index (χ4v) is 1.67. The molecule has 18 heavy (non-hydrogen) atoms. The summed E-state index contributed by atoms with van der Waals surface area (Å²) < 4.78 is 25.0. The highest BCUT2D eigenvalue weighted by Crippen LogP contribution is 2.30. The predicted molar refractivity (Wildman–Crippen MR) is 70.7 cm³/mol. The number of aliphatic imine (C=N–C) groups is 1. The van der Waals surface area contributed by atoms with Crippen molar-refractivity contribution in [2.75, 3.05) is 0 Å². The normalized spacial score (nSPS) is 11.9. The van der Waals surface area contributed by atoms with E-state index < -0.39 is 6.43 Å². The van der Waals surface area contributed by atoms with E-state index in [9.17, 15) is 8.78 Å². The zero-order valence-electron chi connectivity index (χ0n) is 9.98. The van der Waals surface area contributed by atoms with E-state index >= 15 is 0 Å². The van der Waals surface area contributed by atoms with Gasteiger partial charge in [0.05, 0.1) is 11.4 Å². The van der Waals surface area contributed by atoms with Gasteiger partial charge in [-0.2, -0.15) is 0 Å². The van der Waals surface area contributed by atoms with Gasteiger partial charge in [-0.15, -0.1) is 0 Å². The smallest absolute Gasteiger partial charge is 0.252 e. The lowest BCUT2D eigenvalue weighted by atomic mass is 10.0. The second-order valence-corrected chi connectivity index (χ2v) is 3.94. The van der Waals surface area contributed by atoms with Crippen LogP contribution in [0.25, 0.3) is 11.1 Å². The first-order chi connectivity index (χ1) is 8.68. The fourth-order valence-electron chi connectivity index (χ4n) is 1.67. The number of benzene rings is 2. The Balaban J connectivity index is 2.47. The standard InChI is InChI=1S/C15H13F2N/c1-11(15(16)17)18-14-10-6-5-9-13(14)12-7-3-2-4-8-12/h2-10,15H,1H3. The average molecular weight is 245 g/mol. The maximum absolute atomic E-state index is 12.5. The Bertz CT molecular complexity index is 547. The predicted octanol–water partition coefficient (Wildman–Crippen LogP) is 4.71. The molecule has 0 radical (unpaired) electrons. The van der Waals surface area contributed by atoms with Gasteiger partial charge in [-0.05, 0) is 18.6 Å². The Morgan fingerprint density at radius 3 is 2.22 bits per heavy atom. The van der Waals surface area contributed by atoms with Crippen molar-refractivity contribution in [3.63, 3.8) is 0 Å². The van der Waals surface area contributed by atoms with Crippen molar-refractivity contribution >= 4 is 11.4 Å². The van der Waals surface area contributed by atoms with Crippen LogP contribution in [0, 0.1) is 0 Å². The van der Waals surface area contributed by atoms with Gasteiger partial charge in [0, 0.05) is 5.56 Å². The molecule has 0 amide bonds. The molecule has 92 valence electrons. The molecule has 0 fully saturated rings. The average Bonchev–Trinajstić information content (AvgIpc) is 2.40. The lowest BCUT2D eigenvalue weighted by Crippen LogP contribution is -2.03. The number of hydrogen-bond donors (Lipinski definition) is 0. The highest BCUT2D eigenvalue weighted by Gasteiger charge is 2.09. The molecule has 0 aliphatic heterocycles. The largest absolute Gasteiger partial charge is 0.276 e. The topological polar surface area (TPSA) is 12.4 Å². The van der Waals surface area contributed by atoms with E-state index in [1.807, 2.05) is 42.5 Å². The lowest BCUT2D eigenvalue weighted by Gasteiger charge is -2.06. The molecule has 2 rings (SSSR count). The molecule has 0 aliphatic carbocycles. The van der Waals surface area contributed by atoms with Crippen LogP contribution in [-0.2, 0) is 0 Å². The van der Waals surface area contributed by atoms with Gasteiger partial charge >= 0.3 is 0 Å². The number of rotatable bonds is 3. The summed E-state index contributed by atoms with van der Waals surface area (Å²) in [6, 6.07) is 16.9. The van der Waals surface area contributed by atoms with Crippen LogP contribution in [0.5, 0.6) is 0 Å². The van der Waals surface area contributed by atoms with Crippen LogP contribution in [0.2, 0.25) is 0 Å². The van der Waals surface area contributed by atoms with E-state index in [1.54, 1.807) is 12.1 Å². The van der Waals surface area contributed by atoms with Crippen LogP contribution >= 0.6 is 0 Å². The minimum Gasteiger partial charge on any atom is -0.252 e. The third-order valence-electron chi connectivity index (χ3n) is 2.60. The van der Waals surface area contributed by atoms with Gasteiger partial charge in [-0.25, -0.2) is 8.78 Å². The van der Waals surface area contributed by atoms with Crippen molar-refractivity contribution in [1.82, 2.24) is 0 Å². The Labute approximate surface area is 105 Å². The molecular formula is C15H13F2N. The molecule has 0 unspecified atom stereocenters. The molecule has 0 N–H and O–H groups in total. The summed E-state index contributed by atoms with van der Waals surface area (Å²) >= 11 is 0. The van der Waals surface area contributed by atoms with Gasteiger partial charge in [0.2, 0.25) is 0 Å². The minimum atomic E-state index is -2.52. The molecule has 0 atom stereocenters. The molecule has 0 heterocycles. The van der Waals surface area contributed by atoms with Crippen LogP contribution < -0.4 is 0 Å². The first-order valence-corrected chi connectivity index (χ1v) is 5.66. The van der Waals surface area contributed by atoms with E-state index in [1.165, 1.54) is 6.92 Å². The van der Waals surface area contributed by atoms with E-state index in [0.29, 0.717) is 5.69 Å². The summed E-state index contributed by atoms with van der Waals surface area (Å²) in [5.41, 5.74) is 2.23. The lowest BCUT2D eigenvalue weighted by molar-refractivity contribution is 0.225. The monoisotopic (exact) mass is 245 g/mol. The summed E-state index contributed by atoms with van der Waals surface area (Å²) in [6.45, 7) is 1.34. The minimum absolute atomic E-state index is 0.168. The van der Waals surface area contributed by atoms with Crippen LogP contribution in [0.15, 0.2) is 59.6 Å². The van der Waals surface area contributed by atoms with Gasteiger partial charge in [-0.1, -0.05) is 48.5 Å². The summed E-state index contributed by atoms with van der Waals surface area (Å²) in [5.74, 6) is 0. The third kappa shape index (κ3) is 2.80. The number of hydrogen-bond acceptors (Lipinski definition) is 1. The molecule has 0 bridgehead atoms. The van der Waals surface area contributed by atoms with E-state index in [2.05, 4.69) is 4.99 Å². The summed E-state index contributed by atoms with van der Waals surface area (Å²) in [7, 11) is 0. The molecule has 0 saturated carbocycles. The van der Waals surface area contributed by atoms with Gasteiger partial charge in [0.25, 0.3) is 6.43 Å². The van der Waals surface area contributed by atoms with E-state index in [-0.39, 0.29) is 5.71 Å². The second kappa shape index (κ2) is 5.54. The molecule has 0 spiro atoms. The second-order valence-electron chi connectivity index (χ2n) is 3.94. The molecule has 0 saturated heterocycles. The molecular weight excluding hydrogens is 232 g/mol. The molecule has 1 nitrogen and oxygen atoms in total. The maximum Gasteiger partial charge on any atom is 0.276 e. The SMILES string of the molecule is CC(=Nc1ccccc1-c1ccccc1)C(F)F. The van der Waals surface area contributed by atoms with Gasteiger partial charge in [0.1, 0.15) is 0 Å². The van der Waals surface area contributed by atoms with Crippen LogP contribution in [0.3, 0.4) is 0 Å². The molecule has 2 aromatic carbocycles. The zero-order valence-corrected chi connectivity index (χ0v) is 9.98. The zero-order chi connectivity index (χ0) is 13.0. The third-order valence-corrected chi connectivity index (χ3v) is 2.60. The number of nitrogens with zero attached hydrogens (tertiary/aromatic N) is 1. The van der Waals surface area contributed by atoms with E-state index in [4.69, 9.17) is 0 Å². The first kappa shape index (κ1) is 12.4. The quantitative estimate of drug-likeness (QED) is 0.694. The Morgan fingerprint density at radius 1 is 0.944 bits per heavy atom. The Kier molecular flexibility index (Phi) is 3.82. The highest BCUT2D eigenvalue weighted by atomic mass is 19.3. The van der Waals surface area contributed by atoms with Crippen molar-refractivity contribution in [3.8, 4) is 11.1 Å². The summed E-state index contributed by atoms with van der Waals surface area (Å²) in [6.07, 6.45) is -2.52. The van der Waals surface area contributed by atoms with Crippen LogP contribution in [0.4, 0.5) is 14.5 Å². The molecule has 0 aliphatic rings. The molecule has 3 heteroatoms. The molecule has 0 aromatic heterocycles. The van der Waals surface area contributed by atoms with Crippen LogP contribution in [-0.4, -0.2) is 12.1 Å². The van der Waals surface area contributed by atoms with Crippen molar-refractivity contribution in [2.24, 2.45) is 4.99 Å². The summed E-state index contributed by atoms with van der Waals surface area (Å²) in [4.78, 5) is 4.00. The van der Waals surface area contributed by atoms with Crippen LogP contribution in [0.1, 0.15) is 6.92 Å². The van der Waals surface area contributed by atoms with Crippen molar-refractivity contribution in [1.29, 1.82) is 0 Å². The van der Waals surface area contributed by atoms with Gasteiger partial charge < -0.3 is 0 Å². The number of alkyl halides is 2. The first-order valence-electron chi connectivity index (χ1n) is 5.66. The van der Waals surface area contributed by atoms with Gasteiger partial charge in [0.15, 0.2) is 0 Å². The Hall–Kier alpha value is -2.03. The fraction of sp³-hybridized carbons (Fsp3) is 0.133. The molecule has 2 aromatic rings. The van der Waals surface area contributed by atoms with Crippen molar-refractivity contribution in [3.05, 3.63) is 54.6 Å². The van der Waals surface area contributed by atoms with Crippen molar-refractivity contribution in [2.45, 2.75) is 13.3 Å². The van der Waals surface area contributed by atoms with E-state index in [0.717, 1.165) is 11.1 Å².